The Hall–Kier alpha value is -2.63. The third kappa shape index (κ3) is 7.68. The predicted molar refractivity (Wildman–Crippen MR) is 151 cm³/mol. The van der Waals surface area contributed by atoms with Gasteiger partial charge >= 0.3 is 0 Å². The Bertz CT molecular complexity index is 1290. The summed E-state index contributed by atoms with van der Waals surface area (Å²) in [5, 5.41) is 3.20. The molecule has 0 saturated heterocycles. The van der Waals surface area contributed by atoms with E-state index in [-0.39, 0.29) is 18.9 Å². The average Bonchev–Trinajstić information content (AvgIpc) is 2.86. The lowest BCUT2D eigenvalue weighted by Crippen LogP contribution is -2.52. The van der Waals surface area contributed by atoms with Gasteiger partial charge in [-0.2, -0.15) is 0 Å². The van der Waals surface area contributed by atoms with Crippen molar-refractivity contribution in [2.24, 2.45) is 0 Å². The number of hydrogen-bond donors (Lipinski definition) is 1. The van der Waals surface area contributed by atoms with Crippen LogP contribution in [0.3, 0.4) is 0 Å². The van der Waals surface area contributed by atoms with Gasteiger partial charge in [-0.3, -0.25) is 13.9 Å². The molecule has 0 heterocycles. The van der Waals surface area contributed by atoms with E-state index < -0.39 is 28.5 Å². The summed E-state index contributed by atoms with van der Waals surface area (Å²) < 4.78 is 27.4. The minimum Gasteiger partial charge on any atom is -0.357 e. The van der Waals surface area contributed by atoms with Gasteiger partial charge in [-0.15, -0.1) is 0 Å². The molecule has 0 bridgehead atoms. The summed E-state index contributed by atoms with van der Waals surface area (Å²) in [7, 11) is -2.27. The first-order valence-electron chi connectivity index (χ1n) is 11.1. The van der Waals surface area contributed by atoms with Crippen LogP contribution in [-0.4, -0.2) is 51.0 Å². The van der Waals surface area contributed by atoms with Crippen molar-refractivity contribution in [3.63, 3.8) is 0 Å². The predicted octanol–water partition coefficient (Wildman–Crippen LogP) is 4.10. The quantitative estimate of drug-likeness (QED) is 0.339. The molecule has 1 atom stereocenters. The lowest BCUT2D eigenvalue weighted by Gasteiger charge is -2.33. The second kappa shape index (κ2) is 12.6. The maximum absolute atomic E-state index is 13.8. The molecule has 3 aromatic carbocycles. The summed E-state index contributed by atoms with van der Waals surface area (Å²) in [5.74, 6) is -0.847. The summed E-state index contributed by atoms with van der Waals surface area (Å²) in [6, 6.07) is 22.3. The lowest BCUT2D eigenvalue weighted by molar-refractivity contribution is -0.139. The van der Waals surface area contributed by atoms with Crippen LogP contribution in [0.15, 0.2) is 78.9 Å². The monoisotopic (exact) mass is 639 g/mol. The molecule has 0 aliphatic carbocycles. The Labute approximate surface area is 230 Å². The van der Waals surface area contributed by atoms with Gasteiger partial charge in [-0.1, -0.05) is 54.1 Å². The van der Waals surface area contributed by atoms with Crippen molar-refractivity contribution in [2.75, 3.05) is 24.2 Å². The fourth-order valence-corrected chi connectivity index (χ4v) is 5.06. The second-order valence-electron chi connectivity index (χ2n) is 8.21. The molecule has 3 rings (SSSR count). The van der Waals surface area contributed by atoms with Crippen molar-refractivity contribution in [3.8, 4) is 0 Å². The van der Waals surface area contributed by atoms with Gasteiger partial charge in [0.2, 0.25) is 21.8 Å². The maximum atomic E-state index is 13.8. The number of sulfonamides is 1. The van der Waals surface area contributed by atoms with Gasteiger partial charge in [-0.05, 0) is 70.1 Å². The molecular weight excluding hydrogens is 613 g/mol. The van der Waals surface area contributed by atoms with Crippen molar-refractivity contribution in [2.45, 2.75) is 19.0 Å². The molecule has 190 valence electrons. The Morgan fingerprint density at radius 1 is 0.944 bits per heavy atom. The number of rotatable bonds is 10. The summed E-state index contributed by atoms with van der Waals surface area (Å²) in [4.78, 5) is 28.2. The van der Waals surface area contributed by atoms with Gasteiger partial charge in [0.05, 0.1) is 11.9 Å². The summed E-state index contributed by atoms with van der Waals surface area (Å²) in [6.07, 6.45) is 1.32. The molecular formula is C26H27ClIN3O4S. The van der Waals surface area contributed by atoms with E-state index in [4.69, 9.17) is 11.6 Å². The highest BCUT2D eigenvalue weighted by atomic mass is 127. The molecule has 7 nitrogen and oxygen atoms in total. The average molecular weight is 640 g/mol. The summed E-state index contributed by atoms with van der Waals surface area (Å²) >= 11 is 8.16. The summed E-state index contributed by atoms with van der Waals surface area (Å²) in [5.41, 5.74) is 2.00. The van der Waals surface area contributed by atoms with E-state index in [1.807, 2.05) is 30.3 Å². The van der Waals surface area contributed by atoms with Gasteiger partial charge in [0.1, 0.15) is 12.6 Å². The van der Waals surface area contributed by atoms with E-state index in [2.05, 4.69) is 27.9 Å². The van der Waals surface area contributed by atoms with E-state index >= 15 is 0 Å². The molecule has 0 aliphatic rings. The molecule has 0 saturated carbocycles. The second-order valence-corrected chi connectivity index (χ2v) is 11.8. The van der Waals surface area contributed by atoms with Crippen LogP contribution >= 0.6 is 34.2 Å². The Balaban J connectivity index is 2.00. The number of amides is 2. The van der Waals surface area contributed by atoms with Crippen molar-refractivity contribution in [1.82, 2.24) is 10.2 Å². The largest absolute Gasteiger partial charge is 0.357 e. The topological polar surface area (TPSA) is 86.8 Å². The molecule has 0 aromatic heterocycles. The van der Waals surface area contributed by atoms with Crippen molar-refractivity contribution >= 4 is 61.7 Å². The zero-order chi connectivity index (χ0) is 26.3. The van der Waals surface area contributed by atoms with Crippen LogP contribution in [0.4, 0.5) is 5.69 Å². The Kier molecular flexibility index (Phi) is 9.75. The minimum absolute atomic E-state index is 0.102. The number of carbonyl (C=O) groups excluding carboxylic acids is 2. The van der Waals surface area contributed by atoms with E-state index in [0.717, 1.165) is 25.3 Å². The highest BCUT2D eigenvalue weighted by Crippen LogP contribution is 2.22. The van der Waals surface area contributed by atoms with E-state index in [1.54, 1.807) is 48.5 Å². The van der Waals surface area contributed by atoms with E-state index in [0.29, 0.717) is 10.7 Å². The molecule has 0 aliphatic heterocycles. The normalized spacial score (nSPS) is 12.0. The fourth-order valence-electron chi connectivity index (χ4n) is 3.73. The highest BCUT2D eigenvalue weighted by molar-refractivity contribution is 14.1. The van der Waals surface area contributed by atoms with Gasteiger partial charge in [0, 0.05) is 28.6 Å². The molecule has 0 unspecified atom stereocenters. The smallest absolute Gasteiger partial charge is 0.244 e. The van der Waals surface area contributed by atoms with Crippen LogP contribution in [0.1, 0.15) is 11.1 Å². The molecule has 1 N–H and O–H groups in total. The zero-order valence-electron chi connectivity index (χ0n) is 19.9. The maximum Gasteiger partial charge on any atom is 0.244 e. The van der Waals surface area contributed by atoms with E-state index in [1.165, 1.54) is 11.9 Å². The number of nitrogens with one attached hydrogen (secondary N) is 1. The van der Waals surface area contributed by atoms with Gasteiger partial charge in [0.15, 0.2) is 0 Å². The van der Waals surface area contributed by atoms with Crippen molar-refractivity contribution in [1.29, 1.82) is 0 Å². The van der Waals surface area contributed by atoms with Crippen LogP contribution in [0, 0.1) is 3.57 Å². The number of hydrogen-bond acceptors (Lipinski definition) is 4. The van der Waals surface area contributed by atoms with Crippen LogP contribution in [0.25, 0.3) is 0 Å². The Morgan fingerprint density at radius 3 is 2.11 bits per heavy atom. The van der Waals surface area contributed by atoms with Gasteiger partial charge < -0.3 is 10.2 Å². The lowest BCUT2D eigenvalue weighted by atomic mass is 10.0. The first-order chi connectivity index (χ1) is 17.1. The van der Waals surface area contributed by atoms with Gasteiger partial charge in [0.25, 0.3) is 0 Å². The SMILES string of the molecule is CNC(=O)[C@@H](Cc1ccccc1)N(Cc1ccc(Cl)cc1)C(=O)CN(c1ccc(I)cc1)S(C)(=O)=O. The Morgan fingerprint density at radius 2 is 1.56 bits per heavy atom. The highest BCUT2D eigenvalue weighted by Gasteiger charge is 2.32. The number of anilines is 1. The fraction of sp³-hybridized carbons (Fsp3) is 0.231. The number of carbonyl (C=O) groups is 2. The molecule has 10 heteroatoms. The number of nitrogens with zero attached hydrogens (tertiary/aromatic N) is 2. The first kappa shape index (κ1) is 27.9. The van der Waals surface area contributed by atoms with Gasteiger partial charge in [-0.25, -0.2) is 8.42 Å². The molecule has 0 fully saturated rings. The third-order valence-corrected chi connectivity index (χ3v) is 7.69. The number of benzene rings is 3. The molecule has 36 heavy (non-hydrogen) atoms. The molecule has 0 radical (unpaired) electrons. The number of halogens is 2. The van der Waals surface area contributed by atoms with E-state index in [9.17, 15) is 18.0 Å². The molecule has 0 spiro atoms. The molecule has 2 amide bonds. The van der Waals surface area contributed by atoms with Crippen LogP contribution < -0.4 is 9.62 Å². The van der Waals surface area contributed by atoms with Crippen LogP contribution in [0.2, 0.25) is 5.02 Å². The minimum atomic E-state index is -3.78. The standard InChI is InChI=1S/C26H27ClIN3O4S/c1-29-26(33)24(16-19-6-4-3-5-7-19)30(17-20-8-10-21(27)11-9-20)25(32)18-31(36(2,34)35)23-14-12-22(28)13-15-23/h3-15,24H,16-18H2,1-2H3,(H,29,33)/t24-/m1/s1. The van der Waals surface area contributed by atoms with Crippen LogP contribution in [0.5, 0.6) is 0 Å². The third-order valence-electron chi connectivity index (χ3n) is 5.58. The van der Waals surface area contributed by atoms with Crippen LogP contribution in [-0.2, 0) is 32.6 Å². The number of likely N-dealkylation sites (N-methyl/N-ethyl adjacent to an activating group) is 1. The first-order valence-corrected chi connectivity index (χ1v) is 14.4. The van der Waals surface area contributed by atoms with Crippen molar-refractivity contribution < 1.29 is 18.0 Å². The van der Waals surface area contributed by atoms with Crippen molar-refractivity contribution in [3.05, 3.63) is 98.6 Å². The summed E-state index contributed by atoms with van der Waals surface area (Å²) in [6.45, 7) is -0.347. The molecule has 3 aromatic rings. The zero-order valence-corrected chi connectivity index (χ0v) is 23.6.